The fraction of sp³-hybridized carbons (Fsp3) is 0.450. The molecule has 136 valence electrons. The van der Waals surface area contributed by atoms with Gasteiger partial charge in [-0.2, -0.15) is 15.0 Å². The Morgan fingerprint density at radius 1 is 1.23 bits per heavy atom. The molecule has 0 amide bonds. The third-order valence-electron chi connectivity index (χ3n) is 4.81. The Bertz CT molecular complexity index is 806. The zero-order valence-electron chi connectivity index (χ0n) is 15.6. The van der Waals surface area contributed by atoms with Gasteiger partial charge in [-0.25, -0.2) is 0 Å². The van der Waals surface area contributed by atoms with Crippen molar-refractivity contribution >= 4 is 29.3 Å². The second-order valence-corrected chi connectivity index (χ2v) is 7.72. The number of thioether (sulfide) groups is 1. The van der Waals surface area contributed by atoms with Crippen LogP contribution in [0.15, 0.2) is 23.4 Å². The Balaban J connectivity index is 1.89. The molecular formula is C20H25N5S. The largest absolute Gasteiger partial charge is 0.341 e. The highest BCUT2D eigenvalue weighted by Gasteiger charge is 2.20. The highest BCUT2D eigenvalue weighted by Crippen LogP contribution is 2.26. The molecule has 2 heterocycles. The van der Waals surface area contributed by atoms with Gasteiger partial charge in [0, 0.05) is 18.8 Å². The summed E-state index contributed by atoms with van der Waals surface area (Å²) in [6, 6.07) is 6.18. The summed E-state index contributed by atoms with van der Waals surface area (Å²) in [6.07, 6.45) is 7.73. The first-order chi connectivity index (χ1) is 12.6. The molecule has 1 aromatic heterocycles. The average Bonchev–Trinajstić information content (AvgIpc) is 2.64. The normalized spacial score (nSPS) is 14.9. The zero-order valence-corrected chi connectivity index (χ0v) is 16.4. The molecule has 0 bridgehead atoms. The predicted octanol–water partition coefficient (Wildman–Crippen LogP) is 4.19. The maximum atomic E-state index is 5.40. The third kappa shape index (κ3) is 4.47. The standard InChI is InChI=1S/C20H25N5S/c1-5-13-26-20-23-18(21-17-8-6-7-15(3)16(17)4)22-19(24-20)25-11-9-14(2)10-12-25/h1,6-8,14H,9-13H2,2-4H3,(H,21,22,23,24). The summed E-state index contributed by atoms with van der Waals surface area (Å²) in [7, 11) is 0. The van der Waals surface area contributed by atoms with Crippen LogP contribution in [-0.4, -0.2) is 33.8 Å². The van der Waals surface area contributed by atoms with Gasteiger partial charge in [-0.3, -0.25) is 0 Å². The zero-order chi connectivity index (χ0) is 18.5. The van der Waals surface area contributed by atoms with E-state index in [0.29, 0.717) is 16.9 Å². The molecule has 1 saturated heterocycles. The molecule has 0 atom stereocenters. The first-order valence-electron chi connectivity index (χ1n) is 8.97. The van der Waals surface area contributed by atoms with Crippen molar-refractivity contribution in [1.82, 2.24) is 15.0 Å². The van der Waals surface area contributed by atoms with Crippen molar-refractivity contribution in [3.63, 3.8) is 0 Å². The fourth-order valence-electron chi connectivity index (χ4n) is 2.93. The summed E-state index contributed by atoms with van der Waals surface area (Å²) in [5, 5.41) is 4.03. The van der Waals surface area contributed by atoms with Crippen molar-refractivity contribution in [2.45, 2.75) is 38.8 Å². The van der Waals surface area contributed by atoms with Gasteiger partial charge in [0.15, 0.2) is 5.16 Å². The monoisotopic (exact) mass is 367 g/mol. The summed E-state index contributed by atoms with van der Waals surface area (Å²) in [4.78, 5) is 16.1. The molecule has 1 fully saturated rings. The van der Waals surface area contributed by atoms with Crippen LogP contribution in [0.5, 0.6) is 0 Å². The molecular weight excluding hydrogens is 342 g/mol. The Morgan fingerprint density at radius 2 is 2.00 bits per heavy atom. The van der Waals surface area contributed by atoms with Crippen molar-refractivity contribution in [2.75, 3.05) is 29.1 Å². The molecule has 5 nitrogen and oxygen atoms in total. The molecule has 1 aliphatic heterocycles. The van der Waals surface area contributed by atoms with E-state index < -0.39 is 0 Å². The molecule has 1 aliphatic rings. The number of aromatic nitrogens is 3. The molecule has 0 spiro atoms. The molecule has 1 N–H and O–H groups in total. The number of nitrogens with one attached hydrogen (secondary N) is 1. The molecule has 1 aromatic carbocycles. The fourth-order valence-corrected chi connectivity index (χ4v) is 3.44. The Morgan fingerprint density at radius 3 is 2.73 bits per heavy atom. The number of rotatable bonds is 5. The van der Waals surface area contributed by atoms with E-state index in [4.69, 9.17) is 6.42 Å². The molecule has 6 heteroatoms. The number of nitrogens with zero attached hydrogens (tertiary/aromatic N) is 4. The summed E-state index contributed by atoms with van der Waals surface area (Å²) in [5.41, 5.74) is 3.44. The van der Waals surface area contributed by atoms with Gasteiger partial charge >= 0.3 is 0 Å². The Kier molecular flexibility index (Phi) is 6.00. The number of benzene rings is 1. The Hall–Kier alpha value is -2.26. The second kappa shape index (κ2) is 8.41. The van der Waals surface area contributed by atoms with Crippen LogP contribution >= 0.6 is 11.8 Å². The molecule has 0 unspecified atom stereocenters. The van der Waals surface area contributed by atoms with E-state index >= 15 is 0 Å². The molecule has 26 heavy (non-hydrogen) atoms. The van der Waals surface area contributed by atoms with Gasteiger partial charge in [-0.15, -0.1) is 6.42 Å². The number of aryl methyl sites for hydroxylation is 1. The van der Waals surface area contributed by atoms with Gasteiger partial charge in [-0.05, 0) is 49.8 Å². The van der Waals surface area contributed by atoms with Crippen LogP contribution in [0.25, 0.3) is 0 Å². The van der Waals surface area contributed by atoms with Crippen molar-refractivity contribution < 1.29 is 0 Å². The molecule has 0 radical (unpaired) electrons. The van der Waals surface area contributed by atoms with Crippen molar-refractivity contribution in [3.05, 3.63) is 29.3 Å². The lowest BCUT2D eigenvalue weighted by atomic mass is 10.00. The van der Waals surface area contributed by atoms with E-state index in [9.17, 15) is 0 Å². The minimum absolute atomic E-state index is 0.545. The topological polar surface area (TPSA) is 53.9 Å². The molecule has 3 rings (SSSR count). The van der Waals surface area contributed by atoms with E-state index in [2.05, 4.69) is 57.9 Å². The van der Waals surface area contributed by atoms with Crippen LogP contribution in [0.2, 0.25) is 0 Å². The van der Waals surface area contributed by atoms with Crippen molar-refractivity contribution in [2.24, 2.45) is 5.92 Å². The lowest BCUT2D eigenvalue weighted by Gasteiger charge is -2.30. The van der Waals surface area contributed by atoms with Gasteiger partial charge in [0.05, 0.1) is 5.75 Å². The third-order valence-corrected chi connectivity index (χ3v) is 5.56. The molecule has 0 saturated carbocycles. The first-order valence-corrected chi connectivity index (χ1v) is 9.96. The maximum absolute atomic E-state index is 5.40. The lowest BCUT2D eigenvalue weighted by molar-refractivity contribution is 0.433. The van der Waals surface area contributed by atoms with Gasteiger partial charge in [-0.1, -0.05) is 36.7 Å². The van der Waals surface area contributed by atoms with Gasteiger partial charge in [0.25, 0.3) is 0 Å². The lowest BCUT2D eigenvalue weighted by Crippen LogP contribution is -2.34. The van der Waals surface area contributed by atoms with Crippen LogP contribution < -0.4 is 10.2 Å². The quantitative estimate of drug-likeness (QED) is 0.632. The number of piperidine rings is 1. The number of anilines is 3. The van der Waals surface area contributed by atoms with Crippen LogP contribution in [0, 0.1) is 32.1 Å². The summed E-state index contributed by atoms with van der Waals surface area (Å²) in [5.74, 6) is 5.25. The highest BCUT2D eigenvalue weighted by molar-refractivity contribution is 7.99. The highest BCUT2D eigenvalue weighted by atomic mass is 32.2. The van der Waals surface area contributed by atoms with E-state index in [1.165, 1.54) is 22.9 Å². The minimum Gasteiger partial charge on any atom is -0.341 e. The van der Waals surface area contributed by atoms with Crippen molar-refractivity contribution in [1.29, 1.82) is 0 Å². The molecule has 2 aromatic rings. The first kappa shape index (κ1) is 18.5. The van der Waals surface area contributed by atoms with Crippen molar-refractivity contribution in [3.8, 4) is 12.3 Å². The van der Waals surface area contributed by atoms with Crippen LogP contribution in [0.3, 0.4) is 0 Å². The van der Waals surface area contributed by atoms with Gasteiger partial charge < -0.3 is 10.2 Å². The van der Waals surface area contributed by atoms with Crippen LogP contribution in [0.1, 0.15) is 30.9 Å². The summed E-state index contributed by atoms with van der Waals surface area (Å²) in [6.45, 7) is 8.45. The number of hydrogen-bond acceptors (Lipinski definition) is 6. The minimum atomic E-state index is 0.545. The van der Waals surface area contributed by atoms with Gasteiger partial charge in [0.2, 0.25) is 11.9 Å². The van der Waals surface area contributed by atoms with Crippen LogP contribution in [-0.2, 0) is 0 Å². The summed E-state index contributed by atoms with van der Waals surface area (Å²) >= 11 is 1.47. The predicted molar refractivity (Wildman–Crippen MR) is 109 cm³/mol. The second-order valence-electron chi connectivity index (χ2n) is 6.78. The SMILES string of the molecule is C#CCSc1nc(Nc2cccc(C)c2C)nc(N2CCC(C)CC2)n1. The van der Waals surface area contributed by atoms with E-state index in [1.54, 1.807) is 0 Å². The van der Waals surface area contributed by atoms with Crippen LogP contribution in [0.4, 0.5) is 17.6 Å². The number of hydrogen-bond donors (Lipinski definition) is 1. The average molecular weight is 368 g/mol. The van der Waals surface area contributed by atoms with E-state index in [-0.39, 0.29) is 0 Å². The van der Waals surface area contributed by atoms with Gasteiger partial charge in [0.1, 0.15) is 0 Å². The summed E-state index contributed by atoms with van der Waals surface area (Å²) < 4.78 is 0. The molecule has 0 aliphatic carbocycles. The number of terminal acetylenes is 1. The smallest absolute Gasteiger partial charge is 0.233 e. The van der Waals surface area contributed by atoms with E-state index in [0.717, 1.165) is 43.5 Å². The maximum Gasteiger partial charge on any atom is 0.233 e. The van der Waals surface area contributed by atoms with E-state index in [1.807, 2.05) is 12.1 Å². The Labute approximate surface area is 160 Å².